The Balaban J connectivity index is 0.00000108. The summed E-state index contributed by atoms with van der Waals surface area (Å²) in [6.07, 6.45) is 2.73. The molecule has 1 aromatic heterocycles. The van der Waals surface area contributed by atoms with Gasteiger partial charge in [0.2, 0.25) is 5.91 Å². The highest BCUT2D eigenvalue weighted by Crippen LogP contribution is 1.96. The zero-order valence-electron chi connectivity index (χ0n) is 14.0. The third-order valence-electron chi connectivity index (χ3n) is 2.83. The second-order valence-corrected chi connectivity index (χ2v) is 4.65. The lowest BCUT2D eigenvalue weighted by atomic mass is 10.2. The molecule has 0 aliphatic rings. The lowest BCUT2D eigenvalue weighted by molar-refractivity contribution is -0.121. The first-order valence-electron chi connectivity index (χ1n) is 7.65. The third kappa shape index (κ3) is 10.1. The molecule has 0 aliphatic heterocycles. The number of aromatic nitrogens is 1. The van der Waals surface area contributed by atoms with Gasteiger partial charge in [-0.2, -0.15) is 0 Å². The average Bonchev–Trinajstić information content (AvgIpc) is 2.60. The molecule has 0 radical (unpaired) electrons. The van der Waals surface area contributed by atoms with Crippen LogP contribution >= 0.6 is 0 Å². The molecule has 0 spiro atoms. The number of rotatable bonds is 8. The minimum absolute atomic E-state index is 0.122. The number of carbonyl (C=O) groups excluding carboxylic acids is 3. The van der Waals surface area contributed by atoms with E-state index in [0.717, 1.165) is 6.54 Å². The van der Waals surface area contributed by atoms with Crippen LogP contribution in [0.2, 0.25) is 0 Å². The Labute approximate surface area is 137 Å². The first-order chi connectivity index (χ1) is 11.1. The van der Waals surface area contributed by atoms with E-state index < -0.39 is 6.04 Å². The maximum Gasteiger partial charge on any atom is 0.270 e. The fourth-order valence-electron chi connectivity index (χ4n) is 1.43. The zero-order valence-corrected chi connectivity index (χ0v) is 14.0. The van der Waals surface area contributed by atoms with E-state index in [1.165, 1.54) is 6.20 Å². The highest BCUT2D eigenvalue weighted by atomic mass is 16.2. The number of hydrogen-bond donors (Lipinski definition) is 3. The third-order valence-corrected chi connectivity index (χ3v) is 2.83. The minimum atomic E-state index is -0.428. The van der Waals surface area contributed by atoms with Gasteiger partial charge in [-0.15, -0.1) is 0 Å². The van der Waals surface area contributed by atoms with E-state index in [-0.39, 0.29) is 30.5 Å². The summed E-state index contributed by atoms with van der Waals surface area (Å²) in [5.41, 5.74) is 0.278. The Morgan fingerprint density at radius 3 is 2.48 bits per heavy atom. The van der Waals surface area contributed by atoms with Gasteiger partial charge in [0.1, 0.15) is 12.0 Å². The maximum absolute atomic E-state index is 11.8. The summed E-state index contributed by atoms with van der Waals surface area (Å²) < 4.78 is 0. The molecule has 1 heterocycles. The molecule has 1 atom stereocenters. The van der Waals surface area contributed by atoms with Crippen LogP contribution in [0.25, 0.3) is 0 Å². The predicted molar refractivity (Wildman–Crippen MR) is 89.1 cm³/mol. The summed E-state index contributed by atoms with van der Waals surface area (Å²) in [6.45, 7) is 5.10. The molecule has 0 saturated carbocycles. The van der Waals surface area contributed by atoms with Crippen molar-refractivity contribution in [3.05, 3.63) is 30.1 Å². The van der Waals surface area contributed by atoms with Crippen LogP contribution in [0.4, 0.5) is 0 Å². The topological polar surface area (TPSA) is 100 Å². The van der Waals surface area contributed by atoms with Crippen molar-refractivity contribution in [2.75, 3.05) is 20.1 Å². The van der Waals surface area contributed by atoms with Gasteiger partial charge < -0.3 is 20.7 Å². The molecule has 1 rings (SSSR count). The molecule has 0 aromatic carbocycles. The van der Waals surface area contributed by atoms with Crippen LogP contribution in [-0.2, 0) is 9.59 Å². The van der Waals surface area contributed by atoms with E-state index >= 15 is 0 Å². The van der Waals surface area contributed by atoms with Gasteiger partial charge in [0.15, 0.2) is 0 Å². The molecule has 23 heavy (non-hydrogen) atoms. The zero-order chi connectivity index (χ0) is 17.5. The van der Waals surface area contributed by atoms with Crippen LogP contribution in [0.5, 0.6) is 0 Å². The maximum atomic E-state index is 11.8. The van der Waals surface area contributed by atoms with E-state index in [1.807, 2.05) is 7.05 Å². The number of nitrogens with zero attached hydrogens (tertiary/aromatic N) is 1. The molecule has 128 valence electrons. The van der Waals surface area contributed by atoms with Crippen molar-refractivity contribution in [2.45, 2.75) is 32.7 Å². The standard InChI is InChI=1S/C13H17N3O3.C3H9N/c1-2-12(18)15-9-10(6-8-17)16-13(19)11-5-3-4-7-14-11;1-3-4-2/h3-5,7-8,10H,2,6,9H2,1H3,(H,15,18)(H,16,19);4H,3H2,1-2H3. The first kappa shape index (κ1) is 20.7. The highest BCUT2D eigenvalue weighted by Gasteiger charge is 2.14. The summed E-state index contributed by atoms with van der Waals surface area (Å²) >= 11 is 0. The molecule has 7 heteroatoms. The molecule has 2 amide bonds. The van der Waals surface area contributed by atoms with Gasteiger partial charge in [0.05, 0.1) is 6.04 Å². The number of hydrogen-bond acceptors (Lipinski definition) is 5. The molecular weight excluding hydrogens is 296 g/mol. The van der Waals surface area contributed by atoms with E-state index in [9.17, 15) is 14.4 Å². The molecular formula is C16H26N4O3. The van der Waals surface area contributed by atoms with Crippen LogP contribution in [0.15, 0.2) is 24.4 Å². The molecule has 0 saturated heterocycles. The van der Waals surface area contributed by atoms with Gasteiger partial charge in [0.25, 0.3) is 5.91 Å². The Morgan fingerprint density at radius 2 is 2.00 bits per heavy atom. The van der Waals surface area contributed by atoms with Crippen molar-refractivity contribution in [3.8, 4) is 0 Å². The number of aldehydes is 1. The van der Waals surface area contributed by atoms with Gasteiger partial charge in [-0.1, -0.05) is 19.9 Å². The van der Waals surface area contributed by atoms with Gasteiger partial charge in [0, 0.05) is 25.6 Å². The Hall–Kier alpha value is -2.28. The Bertz CT molecular complexity index is 464. The Morgan fingerprint density at radius 1 is 1.30 bits per heavy atom. The summed E-state index contributed by atoms with van der Waals surface area (Å²) in [5.74, 6) is -0.485. The summed E-state index contributed by atoms with van der Waals surface area (Å²) in [6, 6.07) is 4.57. The number of amides is 2. The minimum Gasteiger partial charge on any atom is -0.354 e. The van der Waals surface area contributed by atoms with Crippen molar-refractivity contribution < 1.29 is 14.4 Å². The quantitative estimate of drug-likeness (QED) is 0.606. The fourth-order valence-corrected chi connectivity index (χ4v) is 1.43. The molecule has 1 aromatic rings. The molecule has 0 bridgehead atoms. The van der Waals surface area contributed by atoms with Crippen LogP contribution in [0, 0.1) is 0 Å². The monoisotopic (exact) mass is 322 g/mol. The highest BCUT2D eigenvalue weighted by molar-refractivity contribution is 5.92. The molecule has 3 N–H and O–H groups in total. The van der Waals surface area contributed by atoms with Gasteiger partial charge in [-0.25, -0.2) is 0 Å². The largest absolute Gasteiger partial charge is 0.354 e. The van der Waals surface area contributed by atoms with E-state index in [1.54, 1.807) is 25.1 Å². The van der Waals surface area contributed by atoms with Crippen LogP contribution in [0.3, 0.4) is 0 Å². The normalized spacial score (nSPS) is 10.7. The molecule has 0 fully saturated rings. The predicted octanol–water partition coefficient (Wildman–Crippen LogP) is 0.521. The van der Waals surface area contributed by atoms with E-state index in [2.05, 4.69) is 27.9 Å². The average molecular weight is 322 g/mol. The van der Waals surface area contributed by atoms with Crippen LogP contribution in [-0.4, -0.2) is 49.3 Å². The summed E-state index contributed by atoms with van der Waals surface area (Å²) in [5, 5.41) is 8.24. The smallest absolute Gasteiger partial charge is 0.270 e. The van der Waals surface area contributed by atoms with Crippen molar-refractivity contribution in [3.63, 3.8) is 0 Å². The number of nitrogens with one attached hydrogen (secondary N) is 3. The van der Waals surface area contributed by atoms with Crippen molar-refractivity contribution in [1.29, 1.82) is 0 Å². The SMILES string of the molecule is CCC(=O)NCC(CC=O)NC(=O)c1ccccn1.CCNC. The molecule has 1 unspecified atom stereocenters. The van der Waals surface area contributed by atoms with Gasteiger partial charge in [-0.05, 0) is 25.7 Å². The number of carbonyl (C=O) groups is 3. The number of pyridine rings is 1. The second kappa shape index (κ2) is 13.4. The van der Waals surface area contributed by atoms with Crippen molar-refractivity contribution in [2.24, 2.45) is 0 Å². The van der Waals surface area contributed by atoms with Crippen LogP contribution < -0.4 is 16.0 Å². The second-order valence-electron chi connectivity index (χ2n) is 4.65. The first-order valence-corrected chi connectivity index (χ1v) is 7.65. The fraction of sp³-hybridized carbons (Fsp3) is 0.500. The van der Waals surface area contributed by atoms with Gasteiger partial charge in [-0.3, -0.25) is 14.6 Å². The van der Waals surface area contributed by atoms with E-state index in [0.29, 0.717) is 12.7 Å². The summed E-state index contributed by atoms with van der Waals surface area (Å²) in [4.78, 5) is 37.5. The van der Waals surface area contributed by atoms with Gasteiger partial charge >= 0.3 is 0 Å². The van der Waals surface area contributed by atoms with E-state index in [4.69, 9.17) is 0 Å². The molecule has 0 aliphatic carbocycles. The van der Waals surface area contributed by atoms with Crippen molar-refractivity contribution >= 4 is 18.1 Å². The Kier molecular flexibility index (Phi) is 12.1. The molecule has 7 nitrogen and oxygen atoms in total. The lowest BCUT2D eigenvalue weighted by Crippen LogP contribution is -2.44. The lowest BCUT2D eigenvalue weighted by Gasteiger charge is -2.16. The van der Waals surface area contributed by atoms with Crippen LogP contribution in [0.1, 0.15) is 37.2 Å². The summed E-state index contributed by atoms with van der Waals surface area (Å²) in [7, 11) is 1.93. The van der Waals surface area contributed by atoms with Crippen molar-refractivity contribution in [1.82, 2.24) is 20.9 Å².